The van der Waals surface area contributed by atoms with Crippen molar-refractivity contribution in [1.29, 1.82) is 0 Å². The highest BCUT2D eigenvalue weighted by Gasteiger charge is 2.35. The van der Waals surface area contributed by atoms with Gasteiger partial charge in [-0.25, -0.2) is 14.2 Å². The lowest BCUT2D eigenvalue weighted by atomic mass is 10.1. The van der Waals surface area contributed by atoms with Crippen molar-refractivity contribution in [3.8, 4) is 11.5 Å². The molecule has 2 heterocycles. The largest absolute Gasteiger partial charge is 0.444 e. The van der Waals surface area contributed by atoms with Crippen LogP contribution >= 0.6 is 0 Å². The average molecular weight is 356 g/mol. The van der Waals surface area contributed by atoms with E-state index in [2.05, 4.69) is 20.0 Å². The topological polar surface area (TPSA) is 93.2 Å². The van der Waals surface area contributed by atoms with Crippen LogP contribution in [-0.4, -0.2) is 16.2 Å². The summed E-state index contributed by atoms with van der Waals surface area (Å²) < 4.78 is 60.2. The van der Waals surface area contributed by atoms with E-state index in [0.29, 0.717) is 6.07 Å². The molecule has 0 aliphatic carbocycles. The number of nitrogens with zero attached hydrogens (tertiary/aromatic N) is 2. The number of carbonyl (C=O) groups is 1. The molecule has 0 saturated carbocycles. The Labute approximate surface area is 136 Å². The zero-order valence-corrected chi connectivity index (χ0v) is 12.1. The number of benzene rings is 1. The summed E-state index contributed by atoms with van der Waals surface area (Å²) in [4.78, 5) is 15.8. The minimum absolute atomic E-state index is 0.00416. The lowest BCUT2D eigenvalue weighted by molar-refractivity contribution is -0.142. The third kappa shape index (κ3) is 3.76. The monoisotopic (exact) mass is 356 g/mol. The van der Waals surface area contributed by atoms with Crippen molar-refractivity contribution in [3.05, 3.63) is 48.2 Å². The van der Waals surface area contributed by atoms with E-state index in [-0.39, 0.29) is 17.1 Å². The van der Waals surface area contributed by atoms with Crippen LogP contribution in [0.4, 0.5) is 33.9 Å². The van der Waals surface area contributed by atoms with Crippen LogP contribution in [0.5, 0.6) is 0 Å². The molecule has 7 nitrogen and oxygen atoms in total. The zero-order valence-electron chi connectivity index (χ0n) is 12.1. The number of nitrogens with one attached hydrogen (secondary N) is 2. The van der Waals surface area contributed by atoms with Crippen molar-refractivity contribution in [2.75, 3.05) is 10.6 Å². The van der Waals surface area contributed by atoms with E-state index in [1.54, 1.807) is 0 Å². The SMILES string of the molecule is O=C(Nc1cc(C(F)(F)F)no1)Nc1cc(F)ccc1-c1ncco1. The molecule has 0 aliphatic heterocycles. The predicted molar refractivity (Wildman–Crippen MR) is 76.0 cm³/mol. The van der Waals surface area contributed by atoms with Gasteiger partial charge in [0.25, 0.3) is 0 Å². The molecule has 0 aliphatic rings. The second-order valence-corrected chi connectivity index (χ2v) is 4.68. The van der Waals surface area contributed by atoms with E-state index < -0.39 is 29.6 Å². The van der Waals surface area contributed by atoms with Gasteiger partial charge in [0.05, 0.1) is 17.4 Å². The molecule has 1 aromatic carbocycles. The number of alkyl halides is 3. The Morgan fingerprint density at radius 2 is 1.96 bits per heavy atom. The molecule has 3 aromatic rings. The number of halogens is 4. The summed E-state index contributed by atoms with van der Waals surface area (Å²) in [6.07, 6.45) is -2.06. The van der Waals surface area contributed by atoms with Crippen LogP contribution in [0.2, 0.25) is 0 Å². The van der Waals surface area contributed by atoms with E-state index in [9.17, 15) is 22.4 Å². The van der Waals surface area contributed by atoms with Crippen LogP contribution in [0.3, 0.4) is 0 Å². The van der Waals surface area contributed by atoms with E-state index in [4.69, 9.17) is 4.42 Å². The van der Waals surface area contributed by atoms with Crippen molar-refractivity contribution >= 4 is 17.6 Å². The summed E-state index contributed by atoms with van der Waals surface area (Å²) in [6.45, 7) is 0. The molecule has 0 atom stereocenters. The number of anilines is 2. The lowest BCUT2D eigenvalue weighted by Gasteiger charge is -2.09. The first-order valence-corrected chi connectivity index (χ1v) is 6.64. The van der Waals surface area contributed by atoms with Gasteiger partial charge in [0.15, 0.2) is 5.69 Å². The molecular weight excluding hydrogens is 348 g/mol. The first kappa shape index (κ1) is 16.5. The van der Waals surface area contributed by atoms with Gasteiger partial charge in [0.2, 0.25) is 11.8 Å². The summed E-state index contributed by atoms with van der Waals surface area (Å²) in [5.41, 5.74) is -1.03. The number of rotatable bonds is 3. The number of oxazole rings is 1. The summed E-state index contributed by atoms with van der Waals surface area (Å²) >= 11 is 0. The van der Waals surface area contributed by atoms with Gasteiger partial charge >= 0.3 is 12.2 Å². The normalized spacial score (nSPS) is 11.4. The van der Waals surface area contributed by atoms with Crippen LogP contribution in [0.1, 0.15) is 5.69 Å². The maximum atomic E-state index is 13.4. The third-order valence-corrected chi connectivity index (χ3v) is 2.93. The molecule has 0 spiro atoms. The Morgan fingerprint density at radius 1 is 1.16 bits per heavy atom. The highest BCUT2D eigenvalue weighted by atomic mass is 19.4. The standard InChI is InChI=1S/C14H8F4N4O3/c15-7-1-2-8(12-19-3-4-24-12)9(5-7)20-13(23)21-11-6-10(22-25-11)14(16,17)18/h1-6H,(H2,20,21,23). The van der Waals surface area contributed by atoms with E-state index in [1.807, 2.05) is 5.32 Å². The van der Waals surface area contributed by atoms with Gasteiger partial charge in [-0.3, -0.25) is 5.32 Å². The highest BCUT2D eigenvalue weighted by Crippen LogP contribution is 2.30. The Balaban J connectivity index is 1.77. The molecule has 0 fully saturated rings. The predicted octanol–water partition coefficient (Wildman–Crippen LogP) is 4.13. The lowest BCUT2D eigenvalue weighted by Crippen LogP contribution is -2.19. The molecule has 0 radical (unpaired) electrons. The van der Waals surface area contributed by atoms with Gasteiger partial charge in [-0.05, 0) is 18.2 Å². The van der Waals surface area contributed by atoms with Crippen LogP contribution < -0.4 is 10.6 Å². The first-order chi connectivity index (χ1) is 11.8. The number of carbonyl (C=O) groups excluding carboxylic acids is 1. The molecule has 0 saturated heterocycles. The molecule has 3 rings (SSSR count). The van der Waals surface area contributed by atoms with Crippen molar-refractivity contribution in [3.63, 3.8) is 0 Å². The molecule has 0 bridgehead atoms. The fourth-order valence-electron chi connectivity index (χ4n) is 1.90. The maximum Gasteiger partial charge on any atom is 0.436 e. The number of urea groups is 1. The van der Waals surface area contributed by atoms with Crippen molar-refractivity contribution in [1.82, 2.24) is 10.1 Å². The Morgan fingerprint density at radius 3 is 2.60 bits per heavy atom. The maximum absolute atomic E-state index is 13.4. The second-order valence-electron chi connectivity index (χ2n) is 4.68. The molecule has 130 valence electrons. The first-order valence-electron chi connectivity index (χ1n) is 6.64. The van der Waals surface area contributed by atoms with Crippen molar-refractivity contribution < 1.29 is 31.3 Å². The molecular formula is C14H8F4N4O3. The molecule has 2 amide bonds. The minimum Gasteiger partial charge on any atom is -0.444 e. The van der Waals surface area contributed by atoms with Crippen LogP contribution in [0.15, 0.2) is 45.7 Å². The Hall–Kier alpha value is -3.37. The third-order valence-electron chi connectivity index (χ3n) is 2.93. The number of hydrogen-bond acceptors (Lipinski definition) is 5. The summed E-state index contributed by atoms with van der Waals surface area (Å²) in [5.74, 6) is -1.06. The van der Waals surface area contributed by atoms with Gasteiger partial charge < -0.3 is 14.3 Å². The summed E-state index contributed by atoms with van der Waals surface area (Å²) in [6, 6.07) is 3.01. The Bertz CT molecular complexity index is 890. The smallest absolute Gasteiger partial charge is 0.436 e. The van der Waals surface area contributed by atoms with E-state index in [1.165, 1.54) is 18.5 Å². The molecule has 11 heteroatoms. The van der Waals surface area contributed by atoms with Crippen LogP contribution in [-0.2, 0) is 6.18 Å². The fourth-order valence-corrected chi connectivity index (χ4v) is 1.90. The molecule has 0 unspecified atom stereocenters. The second kappa shape index (κ2) is 6.26. The molecule has 2 N–H and O–H groups in total. The number of amides is 2. The van der Waals surface area contributed by atoms with Gasteiger partial charge in [0, 0.05) is 6.07 Å². The van der Waals surface area contributed by atoms with Crippen LogP contribution in [0, 0.1) is 5.82 Å². The molecule has 25 heavy (non-hydrogen) atoms. The van der Waals surface area contributed by atoms with E-state index in [0.717, 1.165) is 12.1 Å². The summed E-state index contributed by atoms with van der Waals surface area (Å²) in [7, 11) is 0. The highest BCUT2D eigenvalue weighted by molar-refractivity contribution is 6.01. The van der Waals surface area contributed by atoms with Crippen LogP contribution in [0.25, 0.3) is 11.5 Å². The summed E-state index contributed by atoms with van der Waals surface area (Å²) in [5, 5.41) is 7.09. The fraction of sp³-hybridized carbons (Fsp3) is 0.0714. The van der Waals surface area contributed by atoms with Crippen molar-refractivity contribution in [2.24, 2.45) is 0 Å². The minimum atomic E-state index is -4.71. The zero-order chi connectivity index (χ0) is 18.0. The van der Waals surface area contributed by atoms with Gasteiger partial charge in [-0.15, -0.1) is 0 Å². The Kier molecular flexibility index (Phi) is 4.13. The quantitative estimate of drug-likeness (QED) is 0.688. The van der Waals surface area contributed by atoms with Gasteiger partial charge in [0.1, 0.15) is 12.1 Å². The van der Waals surface area contributed by atoms with E-state index >= 15 is 0 Å². The van der Waals surface area contributed by atoms with Gasteiger partial charge in [-0.1, -0.05) is 5.16 Å². The molecule has 2 aromatic heterocycles. The van der Waals surface area contributed by atoms with Gasteiger partial charge in [-0.2, -0.15) is 13.2 Å². The van der Waals surface area contributed by atoms with Crippen molar-refractivity contribution in [2.45, 2.75) is 6.18 Å². The number of hydrogen-bond donors (Lipinski definition) is 2. The number of aromatic nitrogens is 2. The average Bonchev–Trinajstić information content (AvgIpc) is 3.18.